The highest BCUT2D eigenvalue weighted by molar-refractivity contribution is 7.80. The molecule has 0 aromatic carbocycles. The minimum Gasteiger partial charge on any atom is -0.383 e. The molecule has 0 aliphatic rings. The van der Waals surface area contributed by atoms with Gasteiger partial charge in [0.25, 0.3) is 5.56 Å². The van der Waals surface area contributed by atoms with E-state index < -0.39 is 11.2 Å². The Morgan fingerprint density at radius 2 is 2.00 bits per heavy atom. The predicted molar refractivity (Wildman–Crippen MR) is 101 cm³/mol. The lowest BCUT2D eigenvalue weighted by molar-refractivity contribution is 0.207. The van der Waals surface area contributed by atoms with E-state index in [0.29, 0.717) is 24.8 Å². The maximum Gasteiger partial charge on any atom is 0.330 e. The number of nitrogen functional groups attached to an aromatic ring is 1. The molecule has 0 bridgehead atoms. The smallest absolute Gasteiger partial charge is 0.330 e. The largest absolute Gasteiger partial charge is 0.383 e. The van der Waals surface area contributed by atoms with Crippen molar-refractivity contribution in [2.45, 2.75) is 40.3 Å². The van der Waals surface area contributed by atoms with E-state index in [0.717, 1.165) is 0 Å². The first-order valence-corrected chi connectivity index (χ1v) is 8.29. The fourth-order valence-corrected chi connectivity index (χ4v) is 2.63. The van der Waals surface area contributed by atoms with E-state index >= 15 is 0 Å². The Morgan fingerprint density at radius 3 is 2.50 bits per heavy atom. The topological polar surface area (TPSA) is 105 Å². The number of hydrogen-bond donors (Lipinski definition) is 3. The summed E-state index contributed by atoms with van der Waals surface area (Å²) < 4.78 is 6.46. The Hall–Kier alpha value is -1.87. The Kier molecular flexibility index (Phi) is 7.43. The normalized spacial score (nSPS) is 11.1. The second kappa shape index (κ2) is 8.84. The highest BCUT2D eigenvalue weighted by Gasteiger charge is 2.22. The summed E-state index contributed by atoms with van der Waals surface area (Å²) in [5, 5.41) is 3.44. The summed E-state index contributed by atoms with van der Waals surface area (Å²) in [6.45, 7) is 8.89. The number of ether oxygens (including phenoxy) is 1. The number of aromatic nitrogens is 2. The van der Waals surface area contributed by atoms with Crippen molar-refractivity contribution in [3.63, 3.8) is 0 Å². The Morgan fingerprint density at radius 1 is 1.38 bits per heavy atom. The fourth-order valence-electron chi connectivity index (χ4n) is 2.21. The molecule has 0 aliphatic carbocycles. The molecule has 0 unspecified atom stereocenters. The maximum absolute atomic E-state index is 12.4. The number of nitrogens with zero attached hydrogens (tertiary/aromatic N) is 2. The van der Waals surface area contributed by atoms with Crippen molar-refractivity contribution in [1.29, 1.82) is 0 Å². The van der Waals surface area contributed by atoms with Gasteiger partial charge in [-0.3, -0.25) is 14.3 Å². The van der Waals surface area contributed by atoms with Crippen LogP contribution in [0.4, 0.5) is 11.5 Å². The molecule has 4 N–H and O–H groups in total. The van der Waals surface area contributed by atoms with E-state index in [1.807, 2.05) is 27.7 Å². The number of methoxy groups -OCH3 is 1. The van der Waals surface area contributed by atoms with E-state index in [1.165, 1.54) is 4.57 Å². The van der Waals surface area contributed by atoms with Gasteiger partial charge in [0.1, 0.15) is 5.82 Å². The minimum atomic E-state index is -0.568. The second-order valence-corrected chi connectivity index (χ2v) is 6.63. The van der Waals surface area contributed by atoms with Crippen molar-refractivity contribution in [1.82, 2.24) is 14.9 Å². The van der Waals surface area contributed by atoms with Gasteiger partial charge in [-0.15, -0.1) is 0 Å². The van der Waals surface area contributed by atoms with Crippen LogP contribution >= 0.6 is 12.2 Å². The van der Waals surface area contributed by atoms with Crippen molar-refractivity contribution >= 4 is 28.8 Å². The zero-order chi connectivity index (χ0) is 18.4. The van der Waals surface area contributed by atoms with E-state index in [9.17, 15) is 9.59 Å². The number of thiocarbonyl (C=S) groups is 1. The van der Waals surface area contributed by atoms with Crippen LogP contribution in [0.3, 0.4) is 0 Å². The maximum atomic E-state index is 12.4. The number of hydrogen-bond acceptors (Lipinski definition) is 5. The minimum absolute atomic E-state index is 0.0874. The van der Waals surface area contributed by atoms with Crippen molar-refractivity contribution in [3.8, 4) is 0 Å². The summed E-state index contributed by atoms with van der Waals surface area (Å²) >= 11 is 5.39. The standard InChI is InChI=1S/C15H27N5O3S/c1-9(2)8-20-12(16)11(13(21)18-14(20)22)19(6-7-23-5)15(24)17-10(3)4/h9-10H,6-8,16H2,1-5H3,(H,17,24)(H,18,21,22). The third-order valence-electron chi connectivity index (χ3n) is 3.21. The van der Waals surface area contributed by atoms with Gasteiger partial charge in [-0.05, 0) is 32.0 Å². The molecule has 9 heteroatoms. The van der Waals surface area contributed by atoms with Crippen molar-refractivity contribution in [2.75, 3.05) is 30.9 Å². The molecule has 136 valence electrons. The zero-order valence-electron chi connectivity index (χ0n) is 14.9. The SMILES string of the molecule is COCCN(C(=S)NC(C)C)c1c(N)n(CC(C)C)c(=O)[nH]c1=O. The number of H-pyrrole nitrogens is 1. The van der Waals surface area contributed by atoms with E-state index in [1.54, 1.807) is 12.0 Å². The van der Waals surface area contributed by atoms with Gasteiger partial charge in [0.2, 0.25) is 0 Å². The van der Waals surface area contributed by atoms with Gasteiger partial charge in [-0.2, -0.15) is 0 Å². The summed E-state index contributed by atoms with van der Waals surface area (Å²) in [7, 11) is 1.56. The summed E-state index contributed by atoms with van der Waals surface area (Å²) in [4.78, 5) is 28.3. The van der Waals surface area contributed by atoms with Gasteiger partial charge in [-0.25, -0.2) is 4.79 Å². The summed E-state index contributed by atoms with van der Waals surface area (Å²) in [5.41, 5.74) is 5.21. The zero-order valence-corrected chi connectivity index (χ0v) is 15.7. The molecule has 0 fully saturated rings. The van der Waals surface area contributed by atoms with Crippen LogP contribution in [0.2, 0.25) is 0 Å². The molecular formula is C15H27N5O3S. The molecule has 1 aromatic rings. The summed E-state index contributed by atoms with van der Waals surface area (Å²) in [5.74, 6) is 0.290. The van der Waals surface area contributed by atoms with Gasteiger partial charge in [0, 0.05) is 26.2 Å². The number of nitrogens with one attached hydrogen (secondary N) is 2. The molecule has 0 aliphatic heterocycles. The first-order chi connectivity index (χ1) is 11.2. The average Bonchev–Trinajstić information content (AvgIpc) is 2.45. The van der Waals surface area contributed by atoms with E-state index in [4.69, 9.17) is 22.7 Å². The first-order valence-electron chi connectivity index (χ1n) is 7.88. The molecule has 0 amide bonds. The molecule has 1 rings (SSSR count). The number of anilines is 2. The molecule has 0 saturated carbocycles. The van der Waals surface area contributed by atoms with Crippen molar-refractivity contribution < 1.29 is 4.74 Å². The van der Waals surface area contributed by atoms with Gasteiger partial charge in [0.05, 0.1) is 6.61 Å². The van der Waals surface area contributed by atoms with E-state index in [-0.39, 0.29) is 23.5 Å². The van der Waals surface area contributed by atoms with Gasteiger partial charge in [-0.1, -0.05) is 13.8 Å². The van der Waals surface area contributed by atoms with E-state index in [2.05, 4.69) is 10.3 Å². The number of nitrogens with two attached hydrogens (primary N) is 1. The van der Waals surface area contributed by atoms with Gasteiger partial charge < -0.3 is 20.7 Å². The Balaban J connectivity index is 3.43. The highest BCUT2D eigenvalue weighted by Crippen LogP contribution is 2.18. The van der Waals surface area contributed by atoms with Crippen LogP contribution in [-0.4, -0.2) is 41.0 Å². The van der Waals surface area contributed by atoms with Crippen LogP contribution in [0.25, 0.3) is 0 Å². The molecule has 1 aromatic heterocycles. The lowest BCUT2D eigenvalue weighted by Crippen LogP contribution is -2.48. The molecule has 24 heavy (non-hydrogen) atoms. The van der Waals surface area contributed by atoms with Crippen molar-refractivity contribution in [3.05, 3.63) is 20.8 Å². The third kappa shape index (κ3) is 5.07. The quantitative estimate of drug-likeness (QED) is 0.611. The van der Waals surface area contributed by atoms with Crippen LogP contribution < -0.4 is 27.2 Å². The molecule has 0 spiro atoms. The first kappa shape index (κ1) is 20.2. The molecule has 0 saturated heterocycles. The number of aromatic amines is 1. The van der Waals surface area contributed by atoms with Crippen LogP contribution in [0.5, 0.6) is 0 Å². The lowest BCUT2D eigenvalue weighted by Gasteiger charge is -2.28. The fraction of sp³-hybridized carbons (Fsp3) is 0.667. The van der Waals surface area contributed by atoms with Crippen molar-refractivity contribution in [2.24, 2.45) is 5.92 Å². The third-order valence-corrected chi connectivity index (χ3v) is 3.55. The van der Waals surface area contributed by atoms with Gasteiger partial charge in [0.15, 0.2) is 10.8 Å². The van der Waals surface area contributed by atoms with Crippen LogP contribution in [0.15, 0.2) is 9.59 Å². The molecule has 1 heterocycles. The molecule has 0 radical (unpaired) electrons. The predicted octanol–water partition coefficient (Wildman–Crippen LogP) is 0.511. The molecule has 8 nitrogen and oxygen atoms in total. The van der Waals surface area contributed by atoms with Crippen LogP contribution in [0, 0.1) is 5.92 Å². The van der Waals surface area contributed by atoms with Crippen LogP contribution in [-0.2, 0) is 11.3 Å². The summed E-state index contributed by atoms with van der Waals surface area (Å²) in [6.07, 6.45) is 0. The molecule has 0 atom stereocenters. The number of rotatable bonds is 7. The lowest BCUT2D eigenvalue weighted by atomic mass is 10.2. The molecular weight excluding hydrogens is 330 g/mol. The monoisotopic (exact) mass is 357 g/mol. The Labute approximate surface area is 147 Å². The van der Waals surface area contributed by atoms with Gasteiger partial charge >= 0.3 is 5.69 Å². The average molecular weight is 357 g/mol. The highest BCUT2D eigenvalue weighted by atomic mass is 32.1. The summed E-state index contributed by atoms with van der Waals surface area (Å²) in [6, 6.07) is 0.0874. The van der Waals surface area contributed by atoms with Crippen LogP contribution in [0.1, 0.15) is 27.7 Å². The Bertz CT molecular complexity index is 681. The second-order valence-electron chi connectivity index (χ2n) is 6.25.